The van der Waals surface area contributed by atoms with Crippen LogP contribution in [0.2, 0.25) is 0 Å². The van der Waals surface area contributed by atoms with Gasteiger partial charge in [0.25, 0.3) is 5.91 Å². The second-order valence-electron chi connectivity index (χ2n) is 16.4. The molecule has 1 heterocycles. The van der Waals surface area contributed by atoms with E-state index in [1.165, 1.54) is 6.42 Å². The standard InChI is InChI=1S/C43H58N4O6/c1-25(28-13-10-9-11-14-28)22-44-41(50)31-17-30(18-33(19-31)46(6)7)34-16-12-15-29(40(34)52-8)23-47-39(38(27(3)49)37(24-48)53-47)42(51)45-36-21-32-20-35(26(36)2)43(32,4)5/h9-19,25-27,32,35-39,48-49H,20-24H2,1-8H3,(H,44,50)(H,45,51)/t25-,26-,27-,32-,35-,36-,37-,38+,39-/m0/s1. The molecule has 286 valence electrons. The number of methoxy groups -OCH3 is 1. The summed E-state index contributed by atoms with van der Waals surface area (Å²) in [5.41, 5.74) is 5.18. The highest BCUT2D eigenvalue weighted by Gasteiger charge is 2.57. The maximum atomic E-state index is 14.2. The van der Waals surface area contributed by atoms with Crippen molar-refractivity contribution in [1.82, 2.24) is 15.7 Å². The van der Waals surface area contributed by atoms with Crippen molar-refractivity contribution >= 4 is 17.5 Å². The largest absolute Gasteiger partial charge is 0.496 e. The summed E-state index contributed by atoms with van der Waals surface area (Å²) in [4.78, 5) is 36.1. The Morgan fingerprint density at radius 2 is 1.79 bits per heavy atom. The van der Waals surface area contributed by atoms with E-state index in [0.29, 0.717) is 35.6 Å². The average Bonchev–Trinajstić information content (AvgIpc) is 3.52. The third-order valence-electron chi connectivity index (χ3n) is 12.6. The number of amides is 2. The van der Waals surface area contributed by atoms with Gasteiger partial charge in [-0.25, -0.2) is 0 Å². The Kier molecular flexibility index (Phi) is 11.5. The van der Waals surface area contributed by atoms with E-state index < -0.39 is 24.2 Å². The number of rotatable bonds is 13. The lowest BCUT2D eigenvalue weighted by Crippen LogP contribution is -2.62. The number of fused-ring (bicyclic) bond motifs is 2. The molecule has 10 heteroatoms. The zero-order chi connectivity index (χ0) is 38.2. The second-order valence-corrected chi connectivity index (χ2v) is 16.4. The fourth-order valence-electron chi connectivity index (χ4n) is 9.23. The molecule has 3 aromatic rings. The number of hydrogen-bond donors (Lipinski definition) is 4. The Bertz CT molecular complexity index is 1760. The lowest BCUT2D eigenvalue weighted by Gasteiger charge is -2.62. The fraction of sp³-hybridized carbons (Fsp3) is 0.535. The Hall–Kier alpha value is -3.96. The molecule has 3 saturated carbocycles. The second kappa shape index (κ2) is 15.8. The van der Waals surface area contributed by atoms with Crippen LogP contribution in [0.5, 0.6) is 5.75 Å². The highest BCUT2D eigenvalue weighted by molar-refractivity contribution is 5.97. The number of nitrogens with one attached hydrogen (secondary N) is 2. The van der Waals surface area contributed by atoms with Crippen LogP contribution in [0.3, 0.4) is 0 Å². The minimum atomic E-state index is -0.897. The smallest absolute Gasteiger partial charge is 0.251 e. The van der Waals surface area contributed by atoms with Crippen LogP contribution in [0.1, 0.15) is 74.9 Å². The van der Waals surface area contributed by atoms with E-state index in [0.717, 1.165) is 34.4 Å². The molecule has 2 amide bonds. The Morgan fingerprint density at radius 1 is 1.06 bits per heavy atom. The predicted octanol–water partition coefficient (Wildman–Crippen LogP) is 5.62. The maximum absolute atomic E-state index is 14.2. The van der Waals surface area contributed by atoms with Crippen LogP contribution in [0.25, 0.3) is 11.1 Å². The number of hydrogen-bond acceptors (Lipinski definition) is 8. The number of hydroxylamine groups is 2. The van der Waals surface area contributed by atoms with Gasteiger partial charge in [0.2, 0.25) is 5.91 Å². The van der Waals surface area contributed by atoms with Crippen molar-refractivity contribution in [3.05, 3.63) is 83.4 Å². The first kappa shape index (κ1) is 38.8. The van der Waals surface area contributed by atoms with Gasteiger partial charge in [0.1, 0.15) is 17.9 Å². The Balaban J connectivity index is 1.27. The van der Waals surface area contributed by atoms with Gasteiger partial charge in [0.15, 0.2) is 0 Å². The number of anilines is 1. The van der Waals surface area contributed by atoms with Crippen molar-refractivity contribution < 1.29 is 29.4 Å². The van der Waals surface area contributed by atoms with E-state index in [1.54, 1.807) is 19.1 Å². The van der Waals surface area contributed by atoms with E-state index in [2.05, 4.69) is 50.5 Å². The van der Waals surface area contributed by atoms with Gasteiger partial charge in [0.05, 0.1) is 26.4 Å². The summed E-state index contributed by atoms with van der Waals surface area (Å²) in [7, 11) is 5.49. The minimum absolute atomic E-state index is 0.0405. The molecule has 0 spiro atoms. The van der Waals surface area contributed by atoms with E-state index >= 15 is 0 Å². The number of carbonyl (C=O) groups excluding carboxylic acids is 2. The molecule has 1 aliphatic heterocycles. The summed E-state index contributed by atoms with van der Waals surface area (Å²) in [5.74, 6) is 1.19. The molecule has 1 saturated heterocycles. The Labute approximate surface area is 314 Å². The molecular weight excluding hydrogens is 668 g/mol. The first-order valence-corrected chi connectivity index (χ1v) is 19.1. The third kappa shape index (κ3) is 7.69. The molecule has 4 aliphatic rings. The molecular formula is C43H58N4O6. The number of nitrogens with zero attached hydrogens (tertiary/aromatic N) is 2. The highest BCUT2D eigenvalue weighted by atomic mass is 16.7. The van der Waals surface area contributed by atoms with Crippen molar-refractivity contribution in [3.63, 3.8) is 0 Å². The molecule has 3 aromatic carbocycles. The van der Waals surface area contributed by atoms with E-state index in [1.807, 2.05) is 73.6 Å². The van der Waals surface area contributed by atoms with Crippen LogP contribution in [0.15, 0.2) is 66.7 Å². The molecule has 0 unspecified atom stereocenters. The molecule has 4 fully saturated rings. The van der Waals surface area contributed by atoms with Crippen LogP contribution in [0.4, 0.5) is 5.69 Å². The molecule has 9 atom stereocenters. The zero-order valence-electron chi connectivity index (χ0n) is 32.5. The monoisotopic (exact) mass is 726 g/mol. The summed E-state index contributed by atoms with van der Waals surface area (Å²) in [6.45, 7) is 11.0. The molecule has 4 N–H and O–H groups in total. The van der Waals surface area contributed by atoms with Crippen molar-refractivity contribution in [3.8, 4) is 16.9 Å². The highest BCUT2D eigenvalue weighted by Crippen LogP contribution is 2.61. The van der Waals surface area contributed by atoms with Crippen LogP contribution < -0.4 is 20.3 Å². The molecule has 0 radical (unpaired) electrons. The number of ether oxygens (including phenoxy) is 1. The molecule has 53 heavy (non-hydrogen) atoms. The average molecular weight is 727 g/mol. The van der Waals surface area contributed by atoms with Gasteiger partial charge in [-0.2, -0.15) is 5.06 Å². The summed E-state index contributed by atoms with van der Waals surface area (Å²) in [6.07, 6.45) is 0.487. The number of para-hydroxylation sites is 1. The minimum Gasteiger partial charge on any atom is -0.496 e. The van der Waals surface area contributed by atoms with Crippen molar-refractivity contribution in [2.24, 2.45) is 29.1 Å². The van der Waals surface area contributed by atoms with Crippen LogP contribution in [-0.2, 0) is 16.2 Å². The topological polar surface area (TPSA) is 124 Å². The number of benzene rings is 3. The third-order valence-corrected chi connectivity index (χ3v) is 12.6. The SMILES string of the molecule is COc1c(CN2O[C@@H](CO)[C@@H]([C@H](C)O)[C@H]2C(=O)N[C@H]2C[C@@H]3C[C@@H]([C@@H]2C)C3(C)C)cccc1-c1cc(C(=O)NC[C@H](C)c2ccccc2)cc(N(C)C)c1. The summed E-state index contributed by atoms with van der Waals surface area (Å²) >= 11 is 0. The van der Waals surface area contributed by atoms with Gasteiger partial charge in [-0.05, 0) is 78.2 Å². The molecule has 10 nitrogen and oxygen atoms in total. The zero-order valence-corrected chi connectivity index (χ0v) is 32.5. The quantitative estimate of drug-likeness (QED) is 0.179. The summed E-state index contributed by atoms with van der Waals surface area (Å²) in [5, 5.41) is 29.4. The van der Waals surface area contributed by atoms with Crippen molar-refractivity contribution in [1.29, 1.82) is 0 Å². The molecule has 2 bridgehead atoms. The normalized spacial score (nSPS) is 27.3. The Morgan fingerprint density at radius 3 is 2.42 bits per heavy atom. The van der Waals surface area contributed by atoms with E-state index in [4.69, 9.17) is 9.57 Å². The fourth-order valence-corrected chi connectivity index (χ4v) is 9.23. The number of aliphatic hydroxyl groups excluding tert-OH is 2. The van der Waals surface area contributed by atoms with E-state index in [9.17, 15) is 19.8 Å². The first-order chi connectivity index (χ1) is 25.2. The number of aliphatic hydroxyl groups is 2. The number of carbonyl (C=O) groups is 2. The van der Waals surface area contributed by atoms with Crippen LogP contribution in [0, 0.1) is 29.1 Å². The van der Waals surface area contributed by atoms with Gasteiger partial charge in [-0.3, -0.25) is 14.4 Å². The maximum Gasteiger partial charge on any atom is 0.251 e. The van der Waals surface area contributed by atoms with Gasteiger partial charge in [-0.1, -0.05) is 76.2 Å². The molecule has 0 aromatic heterocycles. The van der Waals surface area contributed by atoms with Gasteiger partial charge < -0.3 is 30.5 Å². The first-order valence-electron chi connectivity index (χ1n) is 19.1. The van der Waals surface area contributed by atoms with Crippen molar-refractivity contribution in [2.45, 2.75) is 84.2 Å². The summed E-state index contributed by atoms with van der Waals surface area (Å²) in [6, 6.07) is 20.9. The van der Waals surface area contributed by atoms with Crippen LogP contribution >= 0.6 is 0 Å². The lowest BCUT2D eigenvalue weighted by molar-refractivity contribution is -0.183. The van der Waals surface area contributed by atoms with Gasteiger partial charge in [0, 0.05) is 55.0 Å². The van der Waals surface area contributed by atoms with Crippen molar-refractivity contribution in [2.75, 3.05) is 39.3 Å². The van der Waals surface area contributed by atoms with Gasteiger partial charge >= 0.3 is 0 Å². The lowest BCUT2D eigenvalue weighted by atomic mass is 9.45. The predicted molar refractivity (Wildman–Crippen MR) is 207 cm³/mol. The molecule has 3 aliphatic carbocycles. The molecule has 7 rings (SSSR count). The van der Waals surface area contributed by atoms with E-state index in [-0.39, 0.29) is 42.3 Å². The van der Waals surface area contributed by atoms with Crippen LogP contribution in [-0.4, -0.2) is 85.7 Å². The summed E-state index contributed by atoms with van der Waals surface area (Å²) < 4.78 is 6.07. The van der Waals surface area contributed by atoms with Gasteiger partial charge in [-0.15, -0.1) is 0 Å².